The molecule has 3 amide bonds. The molecule has 6 atom stereocenters. The van der Waals surface area contributed by atoms with E-state index in [2.05, 4.69) is 12.2 Å². The van der Waals surface area contributed by atoms with Gasteiger partial charge < -0.3 is 0 Å². The van der Waals surface area contributed by atoms with Crippen LogP contribution < -0.4 is 4.90 Å². The molecule has 2 bridgehead atoms. The Balaban J connectivity index is 1.35. The molecular formula is C25H21ClN2O3. The second-order valence-electron chi connectivity index (χ2n) is 8.95. The number of anilines is 1. The van der Waals surface area contributed by atoms with Crippen LogP contribution in [0.3, 0.4) is 0 Å². The number of amides is 3. The smallest absolute Gasteiger partial charge is 0.261 e. The highest BCUT2D eigenvalue weighted by Crippen LogP contribution is 2.65. The van der Waals surface area contributed by atoms with Gasteiger partial charge in [-0.15, -0.1) is 0 Å². The summed E-state index contributed by atoms with van der Waals surface area (Å²) < 4.78 is 0. The molecule has 0 radical (unpaired) electrons. The van der Waals surface area contributed by atoms with Crippen LogP contribution >= 0.6 is 11.6 Å². The molecule has 2 aromatic carbocycles. The molecule has 31 heavy (non-hydrogen) atoms. The largest absolute Gasteiger partial charge is 0.290 e. The Morgan fingerprint density at radius 1 is 0.903 bits per heavy atom. The predicted octanol–water partition coefficient (Wildman–Crippen LogP) is 4.00. The number of hydrogen-bond donors (Lipinski definition) is 0. The van der Waals surface area contributed by atoms with Gasteiger partial charge in [-0.2, -0.15) is 0 Å². The van der Waals surface area contributed by atoms with Gasteiger partial charge >= 0.3 is 0 Å². The lowest BCUT2D eigenvalue weighted by Crippen LogP contribution is -2.45. The summed E-state index contributed by atoms with van der Waals surface area (Å²) in [6.07, 6.45) is 5.42. The molecule has 4 aliphatic carbocycles. The van der Waals surface area contributed by atoms with Gasteiger partial charge in [0.1, 0.15) is 6.67 Å². The number of imide groups is 1. The van der Waals surface area contributed by atoms with Crippen molar-refractivity contribution in [1.29, 1.82) is 0 Å². The molecule has 156 valence electrons. The molecule has 2 aromatic rings. The third kappa shape index (κ3) is 2.72. The maximum atomic E-state index is 13.5. The van der Waals surface area contributed by atoms with Gasteiger partial charge in [0.25, 0.3) is 5.91 Å². The zero-order valence-electron chi connectivity index (χ0n) is 16.7. The van der Waals surface area contributed by atoms with Crippen LogP contribution in [-0.2, 0) is 9.59 Å². The quantitative estimate of drug-likeness (QED) is 0.542. The fraction of sp³-hybridized carbons (Fsp3) is 0.320. The van der Waals surface area contributed by atoms with E-state index in [1.807, 2.05) is 18.2 Å². The molecule has 0 N–H and O–H groups in total. The van der Waals surface area contributed by atoms with Crippen molar-refractivity contribution in [3.63, 3.8) is 0 Å². The summed E-state index contributed by atoms with van der Waals surface area (Å²) in [4.78, 5) is 43.0. The minimum absolute atomic E-state index is 0.104. The van der Waals surface area contributed by atoms with Gasteiger partial charge in [0.05, 0.1) is 22.4 Å². The minimum Gasteiger partial charge on any atom is -0.290 e. The molecular weight excluding hydrogens is 412 g/mol. The van der Waals surface area contributed by atoms with Gasteiger partial charge in [0, 0.05) is 5.69 Å². The van der Waals surface area contributed by atoms with Gasteiger partial charge in [0.15, 0.2) is 0 Å². The van der Waals surface area contributed by atoms with Gasteiger partial charge in [-0.1, -0.05) is 54.1 Å². The molecule has 6 heteroatoms. The van der Waals surface area contributed by atoms with E-state index in [0.717, 1.165) is 6.42 Å². The van der Waals surface area contributed by atoms with Crippen molar-refractivity contribution >= 4 is 35.0 Å². The maximum absolute atomic E-state index is 13.5. The Morgan fingerprint density at radius 3 is 2.10 bits per heavy atom. The third-order valence-corrected chi connectivity index (χ3v) is 7.78. The summed E-state index contributed by atoms with van der Waals surface area (Å²) in [5.41, 5.74) is 0.958. The average molecular weight is 433 g/mol. The van der Waals surface area contributed by atoms with Crippen molar-refractivity contribution in [2.24, 2.45) is 35.5 Å². The van der Waals surface area contributed by atoms with E-state index >= 15 is 0 Å². The van der Waals surface area contributed by atoms with E-state index in [0.29, 0.717) is 28.1 Å². The normalized spacial score (nSPS) is 32.1. The zero-order valence-corrected chi connectivity index (χ0v) is 17.5. The number of nitrogens with zero attached hydrogens (tertiary/aromatic N) is 2. The van der Waals surface area contributed by atoms with Crippen molar-refractivity contribution in [2.45, 2.75) is 6.42 Å². The molecule has 1 saturated heterocycles. The first-order valence-electron chi connectivity index (χ1n) is 10.7. The molecule has 2 saturated carbocycles. The predicted molar refractivity (Wildman–Crippen MR) is 116 cm³/mol. The molecule has 1 heterocycles. The molecule has 7 rings (SSSR count). The average Bonchev–Trinajstić information content (AvgIpc) is 3.58. The van der Waals surface area contributed by atoms with Gasteiger partial charge in [-0.3, -0.25) is 24.2 Å². The molecule has 3 fully saturated rings. The Morgan fingerprint density at radius 2 is 1.48 bits per heavy atom. The third-order valence-electron chi connectivity index (χ3n) is 7.45. The Kier molecular flexibility index (Phi) is 4.12. The van der Waals surface area contributed by atoms with E-state index in [4.69, 9.17) is 11.6 Å². The lowest BCUT2D eigenvalue weighted by atomic mass is 9.63. The number of allylic oxidation sites excluding steroid dienone is 2. The van der Waals surface area contributed by atoms with Crippen LogP contribution in [0.15, 0.2) is 66.7 Å². The number of hydrogen-bond acceptors (Lipinski definition) is 3. The second-order valence-corrected chi connectivity index (χ2v) is 9.36. The maximum Gasteiger partial charge on any atom is 0.261 e. The van der Waals surface area contributed by atoms with Gasteiger partial charge in [-0.25, -0.2) is 0 Å². The summed E-state index contributed by atoms with van der Waals surface area (Å²) in [5.74, 6) is 0.220. The highest BCUT2D eigenvalue weighted by atomic mass is 35.5. The van der Waals surface area contributed by atoms with Crippen LogP contribution in [0.25, 0.3) is 0 Å². The molecule has 0 aromatic heterocycles. The summed E-state index contributed by atoms with van der Waals surface area (Å²) in [7, 11) is 0. The SMILES string of the molecule is O=C1[C@@H]2[C@@H]3C=C[C@H]([C@@H]4C[C@H]34)[C@H]2C(=O)N1CN(C(=O)c1ccccc1Cl)c1ccccc1. The highest BCUT2D eigenvalue weighted by molar-refractivity contribution is 6.34. The number of carbonyl (C=O) groups is 3. The van der Waals surface area contributed by atoms with Crippen LogP contribution in [0.4, 0.5) is 5.69 Å². The van der Waals surface area contributed by atoms with Crippen molar-refractivity contribution in [3.05, 3.63) is 77.3 Å². The summed E-state index contributed by atoms with van der Waals surface area (Å²) in [5, 5.41) is 0.337. The topological polar surface area (TPSA) is 57.7 Å². The number of rotatable bonds is 4. The lowest BCUT2D eigenvalue weighted by molar-refractivity contribution is -0.140. The fourth-order valence-corrected chi connectivity index (χ4v) is 6.17. The Labute approximate surface area is 185 Å². The Bertz CT molecular complexity index is 1090. The first kappa shape index (κ1) is 18.8. The van der Waals surface area contributed by atoms with Crippen molar-refractivity contribution in [2.75, 3.05) is 11.6 Å². The number of halogens is 1. The Hall–Kier alpha value is -2.92. The van der Waals surface area contributed by atoms with Crippen LogP contribution in [-0.4, -0.2) is 29.3 Å². The zero-order chi connectivity index (χ0) is 21.3. The van der Waals surface area contributed by atoms with E-state index < -0.39 is 0 Å². The van der Waals surface area contributed by atoms with Gasteiger partial charge in [0.2, 0.25) is 11.8 Å². The first-order valence-corrected chi connectivity index (χ1v) is 11.1. The number of benzene rings is 2. The standard InChI is InChI=1S/C25H21ClN2O3/c26-20-9-5-4-8-17(20)23(29)27(14-6-2-1-3-7-14)13-28-24(30)21-15-10-11-16(19-12-18(15)19)22(21)25(28)31/h1-11,15-16,18-19,21-22H,12-13H2/t15-,16-,18-,19+,21-,22-/m1/s1. The lowest BCUT2D eigenvalue weighted by Gasteiger charge is -2.37. The molecule has 5 aliphatic rings. The van der Waals surface area contributed by atoms with E-state index in [1.54, 1.807) is 36.4 Å². The molecule has 0 spiro atoms. The second kappa shape index (κ2) is 6.79. The van der Waals surface area contributed by atoms with Crippen molar-refractivity contribution in [3.8, 4) is 0 Å². The number of para-hydroxylation sites is 1. The number of carbonyl (C=O) groups excluding carboxylic acids is 3. The highest BCUT2D eigenvalue weighted by Gasteiger charge is 2.67. The van der Waals surface area contributed by atoms with Crippen molar-refractivity contribution < 1.29 is 14.4 Å². The van der Waals surface area contributed by atoms with Crippen LogP contribution in [0.2, 0.25) is 5.02 Å². The molecule has 0 unspecified atom stereocenters. The molecule has 1 aliphatic heterocycles. The first-order chi connectivity index (χ1) is 15.1. The fourth-order valence-electron chi connectivity index (χ4n) is 5.95. The van der Waals surface area contributed by atoms with Crippen LogP contribution in [0, 0.1) is 35.5 Å². The molecule has 5 nitrogen and oxygen atoms in total. The van der Waals surface area contributed by atoms with E-state index in [-0.39, 0.29) is 48.1 Å². The summed E-state index contributed by atoms with van der Waals surface area (Å²) in [6.45, 7) is -0.104. The summed E-state index contributed by atoms with van der Waals surface area (Å²) >= 11 is 6.29. The van der Waals surface area contributed by atoms with Gasteiger partial charge in [-0.05, 0) is 54.4 Å². The minimum atomic E-state index is -0.337. The van der Waals surface area contributed by atoms with Crippen molar-refractivity contribution in [1.82, 2.24) is 4.90 Å². The van der Waals surface area contributed by atoms with E-state index in [1.165, 1.54) is 9.80 Å². The number of likely N-dealkylation sites (tertiary alicyclic amines) is 1. The van der Waals surface area contributed by atoms with Crippen LogP contribution in [0.1, 0.15) is 16.8 Å². The monoisotopic (exact) mass is 432 g/mol. The summed E-state index contributed by atoms with van der Waals surface area (Å²) in [6, 6.07) is 15.9. The van der Waals surface area contributed by atoms with Crippen LogP contribution in [0.5, 0.6) is 0 Å². The van der Waals surface area contributed by atoms with E-state index in [9.17, 15) is 14.4 Å².